The SMILES string of the molecule is C[C@H]1CC(NCc2ccco2)C[C@H](C)O1. The topological polar surface area (TPSA) is 34.4 Å². The van der Waals surface area contributed by atoms with Crippen molar-refractivity contribution in [3.05, 3.63) is 24.2 Å². The summed E-state index contributed by atoms with van der Waals surface area (Å²) < 4.78 is 11.0. The maximum absolute atomic E-state index is 5.69. The molecule has 0 aromatic carbocycles. The normalized spacial score (nSPS) is 31.7. The molecule has 1 aliphatic rings. The average molecular weight is 209 g/mol. The van der Waals surface area contributed by atoms with E-state index in [0.717, 1.165) is 25.1 Å². The van der Waals surface area contributed by atoms with Gasteiger partial charge >= 0.3 is 0 Å². The Morgan fingerprint density at radius 1 is 1.33 bits per heavy atom. The molecule has 0 saturated carbocycles. The molecule has 1 N–H and O–H groups in total. The second kappa shape index (κ2) is 4.81. The van der Waals surface area contributed by atoms with Gasteiger partial charge in [-0.05, 0) is 38.8 Å². The van der Waals surface area contributed by atoms with Crippen LogP contribution in [-0.2, 0) is 11.3 Å². The Balaban J connectivity index is 1.79. The van der Waals surface area contributed by atoms with E-state index in [4.69, 9.17) is 9.15 Å². The average Bonchev–Trinajstić information content (AvgIpc) is 2.65. The van der Waals surface area contributed by atoms with Crippen LogP contribution in [0.1, 0.15) is 32.4 Å². The van der Waals surface area contributed by atoms with E-state index in [1.165, 1.54) is 0 Å². The van der Waals surface area contributed by atoms with Crippen molar-refractivity contribution in [1.29, 1.82) is 0 Å². The third kappa shape index (κ3) is 3.08. The second-order valence-electron chi connectivity index (χ2n) is 4.39. The zero-order valence-electron chi connectivity index (χ0n) is 9.40. The van der Waals surface area contributed by atoms with Gasteiger partial charge < -0.3 is 14.5 Å². The Bertz CT molecular complexity index is 274. The van der Waals surface area contributed by atoms with E-state index in [-0.39, 0.29) is 0 Å². The standard InChI is InChI=1S/C12H19NO2/c1-9-6-11(7-10(2)15-9)13-8-12-4-3-5-14-12/h3-5,9-11,13H,6-8H2,1-2H3/t9-,10-/m0/s1. The third-order valence-corrected chi connectivity index (χ3v) is 2.84. The highest BCUT2D eigenvalue weighted by molar-refractivity contribution is 4.98. The van der Waals surface area contributed by atoms with Crippen LogP contribution in [0.4, 0.5) is 0 Å². The van der Waals surface area contributed by atoms with Crippen molar-refractivity contribution in [2.24, 2.45) is 0 Å². The summed E-state index contributed by atoms with van der Waals surface area (Å²) in [5, 5.41) is 3.51. The van der Waals surface area contributed by atoms with Gasteiger partial charge in [0, 0.05) is 6.04 Å². The molecule has 0 unspecified atom stereocenters. The molecule has 0 spiro atoms. The van der Waals surface area contributed by atoms with Gasteiger partial charge in [0.2, 0.25) is 0 Å². The first kappa shape index (κ1) is 10.7. The highest BCUT2D eigenvalue weighted by Crippen LogP contribution is 2.19. The van der Waals surface area contributed by atoms with Crippen molar-refractivity contribution in [3.63, 3.8) is 0 Å². The van der Waals surface area contributed by atoms with E-state index in [9.17, 15) is 0 Å². The minimum Gasteiger partial charge on any atom is -0.468 e. The van der Waals surface area contributed by atoms with E-state index in [0.29, 0.717) is 18.2 Å². The first-order chi connectivity index (χ1) is 7.24. The van der Waals surface area contributed by atoms with Crippen LogP contribution in [0.15, 0.2) is 22.8 Å². The largest absolute Gasteiger partial charge is 0.468 e. The zero-order chi connectivity index (χ0) is 10.7. The molecular weight excluding hydrogens is 190 g/mol. The molecule has 1 saturated heterocycles. The number of nitrogens with one attached hydrogen (secondary N) is 1. The van der Waals surface area contributed by atoms with Crippen molar-refractivity contribution in [2.45, 2.75) is 51.5 Å². The fraction of sp³-hybridized carbons (Fsp3) is 0.667. The second-order valence-corrected chi connectivity index (χ2v) is 4.39. The van der Waals surface area contributed by atoms with Crippen molar-refractivity contribution in [2.75, 3.05) is 0 Å². The van der Waals surface area contributed by atoms with Crippen molar-refractivity contribution in [3.8, 4) is 0 Å². The lowest BCUT2D eigenvalue weighted by molar-refractivity contribution is -0.0424. The first-order valence-electron chi connectivity index (χ1n) is 5.65. The minimum atomic E-state index is 0.364. The van der Waals surface area contributed by atoms with Gasteiger partial charge in [-0.25, -0.2) is 0 Å². The summed E-state index contributed by atoms with van der Waals surface area (Å²) in [6, 6.07) is 4.47. The molecule has 2 rings (SSSR count). The first-order valence-corrected chi connectivity index (χ1v) is 5.65. The molecule has 0 bridgehead atoms. The highest BCUT2D eigenvalue weighted by Gasteiger charge is 2.23. The third-order valence-electron chi connectivity index (χ3n) is 2.84. The van der Waals surface area contributed by atoms with Crippen LogP contribution in [0.5, 0.6) is 0 Å². The van der Waals surface area contributed by atoms with E-state index < -0.39 is 0 Å². The van der Waals surface area contributed by atoms with E-state index in [2.05, 4.69) is 19.2 Å². The van der Waals surface area contributed by atoms with E-state index >= 15 is 0 Å². The van der Waals surface area contributed by atoms with Crippen LogP contribution in [-0.4, -0.2) is 18.2 Å². The summed E-state index contributed by atoms with van der Waals surface area (Å²) in [6.45, 7) is 5.09. The molecule has 0 aliphatic carbocycles. The molecule has 0 amide bonds. The molecule has 3 nitrogen and oxygen atoms in total. The van der Waals surface area contributed by atoms with Gasteiger partial charge in [0.15, 0.2) is 0 Å². The predicted octanol–water partition coefficient (Wildman–Crippen LogP) is 2.33. The molecule has 2 atom stereocenters. The summed E-state index contributed by atoms with van der Waals surface area (Å²) >= 11 is 0. The molecule has 1 aromatic rings. The smallest absolute Gasteiger partial charge is 0.117 e. The van der Waals surface area contributed by atoms with Crippen LogP contribution in [0.2, 0.25) is 0 Å². The number of rotatable bonds is 3. The molecule has 2 heterocycles. The van der Waals surface area contributed by atoms with Crippen molar-refractivity contribution >= 4 is 0 Å². The maximum Gasteiger partial charge on any atom is 0.117 e. The number of hydrogen-bond donors (Lipinski definition) is 1. The van der Waals surface area contributed by atoms with Crippen LogP contribution in [0, 0.1) is 0 Å². The molecular formula is C12H19NO2. The van der Waals surface area contributed by atoms with Crippen LogP contribution in [0.25, 0.3) is 0 Å². The van der Waals surface area contributed by atoms with Crippen LogP contribution in [0.3, 0.4) is 0 Å². The van der Waals surface area contributed by atoms with Crippen LogP contribution >= 0.6 is 0 Å². The van der Waals surface area contributed by atoms with Gasteiger partial charge in [-0.15, -0.1) is 0 Å². The highest BCUT2D eigenvalue weighted by atomic mass is 16.5. The lowest BCUT2D eigenvalue weighted by Crippen LogP contribution is -2.40. The summed E-state index contributed by atoms with van der Waals surface area (Å²) in [5.41, 5.74) is 0. The van der Waals surface area contributed by atoms with Gasteiger partial charge in [0.25, 0.3) is 0 Å². The van der Waals surface area contributed by atoms with Crippen molar-refractivity contribution in [1.82, 2.24) is 5.32 Å². The fourth-order valence-corrected chi connectivity index (χ4v) is 2.23. The van der Waals surface area contributed by atoms with Gasteiger partial charge in [-0.3, -0.25) is 0 Å². The zero-order valence-corrected chi connectivity index (χ0v) is 9.40. The number of hydrogen-bond acceptors (Lipinski definition) is 3. The Morgan fingerprint density at radius 2 is 2.07 bits per heavy atom. The lowest BCUT2D eigenvalue weighted by Gasteiger charge is -2.32. The molecule has 84 valence electrons. The Kier molecular flexibility index (Phi) is 3.44. The Labute approximate surface area is 90.8 Å². The van der Waals surface area contributed by atoms with Gasteiger partial charge in [0.05, 0.1) is 25.0 Å². The lowest BCUT2D eigenvalue weighted by atomic mass is 10.00. The Morgan fingerprint density at radius 3 is 2.67 bits per heavy atom. The summed E-state index contributed by atoms with van der Waals surface area (Å²) in [7, 11) is 0. The molecule has 3 heteroatoms. The summed E-state index contributed by atoms with van der Waals surface area (Å²) in [4.78, 5) is 0. The summed E-state index contributed by atoms with van der Waals surface area (Å²) in [5.74, 6) is 1.00. The van der Waals surface area contributed by atoms with Crippen molar-refractivity contribution < 1.29 is 9.15 Å². The molecule has 1 fully saturated rings. The van der Waals surface area contributed by atoms with Crippen LogP contribution < -0.4 is 5.32 Å². The fourth-order valence-electron chi connectivity index (χ4n) is 2.23. The quantitative estimate of drug-likeness (QED) is 0.829. The van der Waals surface area contributed by atoms with Gasteiger partial charge in [-0.1, -0.05) is 0 Å². The van der Waals surface area contributed by atoms with Gasteiger partial charge in [0.1, 0.15) is 5.76 Å². The minimum absolute atomic E-state index is 0.364. The summed E-state index contributed by atoms with van der Waals surface area (Å²) in [6.07, 6.45) is 4.62. The van der Waals surface area contributed by atoms with E-state index in [1.54, 1.807) is 6.26 Å². The Hall–Kier alpha value is -0.800. The molecule has 1 aromatic heterocycles. The molecule has 15 heavy (non-hydrogen) atoms. The van der Waals surface area contributed by atoms with Gasteiger partial charge in [-0.2, -0.15) is 0 Å². The monoisotopic (exact) mass is 209 g/mol. The number of furan rings is 1. The number of ether oxygens (including phenoxy) is 1. The predicted molar refractivity (Wildman–Crippen MR) is 58.6 cm³/mol. The molecule has 0 radical (unpaired) electrons. The maximum atomic E-state index is 5.69. The molecule has 1 aliphatic heterocycles. The van der Waals surface area contributed by atoms with E-state index in [1.807, 2.05) is 12.1 Å².